The van der Waals surface area contributed by atoms with Gasteiger partial charge in [0, 0.05) is 26.1 Å². The Morgan fingerprint density at radius 2 is 1.48 bits per heavy atom. The fourth-order valence-electron chi connectivity index (χ4n) is 6.71. The number of unbranched alkanes of at least 4 members (excludes halogenated alkanes) is 1. The fourth-order valence-corrected chi connectivity index (χ4v) is 6.71. The average Bonchev–Trinajstić information content (AvgIpc) is 3.88. The van der Waals surface area contributed by atoms with Gasteiger partial charge in [0.25, 0.3) is 0 Å². The molecule has 310 valence electrons. The molecule has 0 aliphatic carbocycles. The van der Waals surface area contributed by atoms with Crippen LogP contribution in [-0.2, 0) is 40.0 Å². The molecule has 0 bridgehead atoms. The standard InChI is InChI=1S/C36H57N11O9/c37-15-5-4-11-23(38)30(50)44-24(12-6-16-41-36(39)40)33(53)47-18-8-14-28(47)34(54)46-17-7-13-27(46)32(52)42-20-29(49)43-25(19-22-9-2-1-3-10-22)31(51)45-26(21-48)35(55)56/h1-3,9-10,23-28,48H,4-8,11-21,37-38H2,(H,42,52)(H,43,49)(H,44,50)(H,45,51)(H,55,56)(H4,39,40,41). The summed E-state index contributed by atoms with van der Waals surface area (Å²) in [5, 5.41) is 28.6. The maximum atomic E-state index is 14.0. The van der Waals surface area contributed by atoms with Gasteiger partial charge in [-0.3, -0.25) is 33.8 Å². The third-order valence-corrected chi connectivity index (χ3v) is 9.68. The summed E-state index contributed by atoms with van der Waals surface area (Å²) < 4.78 is 0. The Morgan fingerprint density at radius 1 is 0.821 bits per heavy atom. The molecule has 2 aliphatic rings. The number of carboxylic acid groups (broad SMARTS) is 1. The van der Waals surface area contributed by atoms with Crippen molar-refractivity contribution in [2.24, 2.45) is 27.9 Å². The zero-order valence-electron chi connectivity index (χ0n) is 31.6. The van der Waals surface area contributed by atoms with Crippen LogP contribution in [0.25, 0.3) is 0 Å². The van der Waals surface area contributed by atoms with Crippen LogP contribution in [0.4, 0.5) is 0 Å². The Labute approximate surface area is 325 Å². The molecule has 6 atom stereocenters. The predicted molar refractivity (Wildman–Crippen MR) is 204 cm³/mol. The lowest BCUT2D eigenvalue weighted by Gasteiger charge is -2.33. The molecule has 0 aromatic heterocycles. The highest BCUT2D eigenvalue weighted by molar-refractivity contribution is 5.97. The van der Waals surface area contributed by atoms with Gasteiger partial charge in [0.2, 0.25) is 35.4 Å². The van der Waals surface area contributed by atoms with E-state index in [4.69, 9.17) is 22.9 Å². The molecule has 6 amide bonds. The van der Waals surface area contributed by atoms with Gasteiger partial charge in [-0.2, -0.15) is 0 Å². The van der Waals surface area contributed by atoms with Crippen LogP contribution in [0.2, 0.25) is 0 Å². The molecule has 0 radical (unpaired) electrons. The van der Waals surface area contributed by atoms with Gasteiger partial charge in [-0.1, -0.05) is 36.8 Å². The number of hydrogen-bond acceptors (Lipinski definition) is 11. The number of likely N-dealkylation sites (tertiary alicyclic amines) is 2. The number of carboxylic acids is 1. The van der Waals surface area contributed by atoms with Gasteiger partial charge in [0.15, 0.2) is 5.96 Å². The SMILES string of the molecule is NCCCCC(N)C(=O)NC(CCCN=C(N)N)C(=O)N1CCCC1C(=O)N1CCCC1C(=O)NCC(=O)NC(Cc1ccccc1)C(=O)NC(CO)C(=O)O. The van der Waals surface area contributed by atoms with Gasteiger partial charge in [-0.15, -0.1) is 0 Å². The Hall–Kier alpha value is -5.34. The van der Waals surface area contributed by atoms with Crippen LogP contribution >= 0.6 is 0 Å². The first-order valence-electron chi connectivity index (χ1n) is 18.9. The predicted octanol–water partition coefficient (Wildman–Crippen LogP) is -3.63. The average molecular weight is 788 g/mol. The molecule has 2 heterocycles. The number of amides is 6. The molecule has 2 fully saturated rings. The quantitative estimate of drug-likeness (QED) is 0.0309. The normalized spacial score (nSPS) is 18.6. The number of guanidine groups is 1. The van der Waals surface area contributed by atoms with Crippen molar-refractivity contribution in [3.05, 3.63) is 35.9 Å². The number of nitrogens with two attached hydrogens (primary N) is 4. The van der Waals surface area contributed by atoms with E-state index in [0.29, 0.717) is 63.5 Å². The number of nitrogens with zero attached hydrogens (tertiary/aromatic N) is 3. The zero-order chi connectivity index (χ0) is 41.2. The Balaban J connectivity index is 1.66. The highest BCUT2D eigenvalue weighted by Crippen LogP contribution is 2.26. The highest BCUT2D eigenvalue weighted by Gasteiger charge is 2.43. The number of aliphatic carboxylic acids is 1. The second-order valence-corrected chi connectivity index (χ2v) is 13.9. The molecule has 14 N–H and O–H groups in total. The molecule has 1 aromatic carbocycles. The molecule has 6 unspecified atom stereocenters. The van der Waals surface area contributed by atoms with Crippen molar-refractivity contribution in [3.63, 3.8) is 0 Å². The summed E-state index contributed by atoms with van der Waals surface area (Å²) in [5.74, 6) is -5.18. The Morgan fingerprint density at radius 3 is 2.12 bits per heavy atom. The number of carbonyl (C=O) groups is 7. The molecule has 56 heavy (non-hydrogen) atoms. The van der Waals surface area contributed by atoms with E-state index in [0.717, 1.165) is 0 Å². The number of hydrogen-bond donors (Lipinski definition) is 10. The van der Waals surface area contributed by atoms with Crippen LogP contribution in [0.3, 0.4) is 0 Å². The molecule has 3 rings (SSSR count). The number of aliphatic imine (C=N–C) groups is 1. The number of aliphatic hydroxyl groups is 1. The number of benzene rings is 1. The van der Waals surface area contributed by atoms with Crippen molar-refractivity contribution >= 4 is 47.4 Å². The van der Waals surface area contributed by atoms with Crippen molar-refractivity contribution < 1.29 is 43.8 Å². The van der Waals surface area contributed by atoms with Crippen molar-refractivity contribution in [1.29, 1.82) is 0 Å². The maximum Gasteiger partial charge on any atom is 0.328 e. The van der Waals surface area contributed by atoms with Crippen LogP contribution in [0, 0.1) is 0 Å². The summed E-state index contributed by atoms with van der Waals surface area (Å²) >= 11 is 0. The molecule has 20 nitrogen and oxygen atoms in total. The molecule has 2 saturated heterocycles. The minimum Gasteiger partial charge on any atom is -0.480 e. The van der Waals surface area contributed by atoms with Crippen LogP contribution < -0.4 is 44.2 Å². The Bertz CT molecular complexity index is 1540. The van der Waals surface area contributed by atoms with Gasteiger partial charge >= 0.3 is 5.97 Å². The largest absolute Gasteiger partial charge is 0.480 e. The molecular weight excluding hydrogens is 730 g/mol. The van der Waals surface area contributed by atoms with E-state index < -0.39 is 90.8 Å². The minimum absolute atomic E-state index is 0.00591. The summed E-state index contributed by atoms with van der Waals surface area (Å²) in [5.41, 5.74) is 23.2. The van der Waals surface area contributed by atoms with Crippen molar-refractivity contribution in [2.75, 3.05) is 39.3 Å². The van der Waals surface area contributed by atoms with Crippen LogP contribution in [0.5, 0.6) is 0 Å². The van der Waals surface area contributed by atoms with Crippen LogP contribution in [0.1, 0.15) is 63.4 Å². The Kier molecular flexibility index (Phi) is 18.4. The fraction of sp³-hybridized carbons (Fsp3) is 0.611. The molecular formula is C36H57N11O9. The molecule has 20 heteroatoms. The van der Waals surface area contributed by atoms with E-state index in [9.17, 15) is 43.8 Å². The van der Waals surface area contributed by atoms with Gasteiger partial charge in [0.1, 0.15) is 30.2 Å². The van der Waals surface area contributed by atoms with Gasteiger partial charge in [-0.05, 0) is 63.5 Å². The lowest BCUT2D eigenvalue weighted by molar-refractivity contribution is -0.148. The third-order valence-electron chi connectivity index (χ3n) is 9.68. The molecule has 2 aliphatic heterocycles. The van der Waals surface area contributed by atoms with E-state index in [2.05, 4.69) is 26.3 Å². The number of rotatable bonds is 22. The zero-order valence-corrected chi connectivity index (χ0v) is 31.6. The van der Waals surface area contributed by atoms with Gasteiger partial charge < -0.3 is 64.2 Å². The van der Waals surface area contributed by atoms with Crippen molar-refractivity contribution in [2.45, 2.75) is 100 Å². The van der Waals surface area contributed by atoms with Crippen molar-refractivity contribution in [3.8, 4) is 0 Å². The topological polar surface area (TPSA) is 331 Å². The highest BCUT2D eigenvalue weighted by atomic mass is 16.4. The summed E-state index contributed by atoms with van der Waals surface area (Å²) in [4.78, 5) is 98.6. The summed E-state index contributed by atoms with van der Waals surface area (Å²) in [6.07, 6.45) is 3.91. The van der Waals surface area contributed by atoms with Crippen LogP contribution in [-0.4, -0.2) is 143 Å². The smallest absolute Gasteiger partial charge is 0.328 e. The summed E-state index contributed by atoms with van der Waals surface area (Å²) in [6, 6.07) is 2.13. The lowest BCUT2D eigenvalue weighted by Crippen LogP contribution is -2.58. The molecule has 0 spiro atoms. The number of aliphatic hydroxyl groups excluding tert-OH is 1. The summed E-state index contributed by atoms with van der Waals surface area (Å²) in [6.45, 7) is -0.249. The molecule has 0 saturated carbocycles. The second-order valence-electron chi connectivity index (χ2n) is 13.9. The van der Waals surface area contributed by atoms with E-state index in [-0.39, 0.29) is 38.4 Å². The number of carbonyl (C=O) groups excluding carboxylic acids is 6. The maximum absolute atomic E-state index is 14.0. The third kappa shape index (κ3) is 13.7. The summed E-state index contributed by atoms with van der Waals surface area (Å²) in [7, 11) is 0. The van der Waals surface area contributed by atoms with E-state index in [1.54, 1.807) is 30.3 Å². The monoisotopic (exact) mass is 787 g/mol. The first-order chi connectivity index (χ1) is 26.8. The van der Waals surface area contributed by atoms with E-state index >= 15 is 0 Å². The van der Waals surface area contributed by atoms with Gasteiger partial charge in [-0.25, -0.2) is 4.79 Å². The first kappa shape index (κ1) is 45.1. The molecule has 1 aromatic rings. The van der Waals surface area contributed by atoms with E-state index in [1.807, 2.05) is 0 Å². The lowest BCUT2D eigenvalue weighted by atomic mass is 10.0. The second kappa shape index (κ2) is 22.9. The van der Waals surface area contributed by atoms with E-state index in [1.165, 1.54) is 9.80 Å². The van der Waals surface area contributed by atoms with Crippen LogP contribution in [0.15, 0.2) is 35.3 Å². The minimum atomic E-state index is -1.59. The van der Waals surface area contributed by atoms with Crippen molar-refractivity contribution in [1.82, 2.24) is 31.1 Å². The van der Waals surface area contributed by atoms with Gasteiger partial charge in [0.05, 0.1) is 19.2 Å². The first-order valence-corrected chi connectivity index (χ1v) is 18.9. The number of nitrogens with one attached hydrogen (secondary N) is 4.